The Morgan fingerprint density at radius 2 is 1.88 bits per heavy atom. The lowest BCUT2D eigenvalue weighted by atomic mass is 10.1. The van der Waals surface area contributed by atoms with Crippen molar-refractivity contribution in [2.75, 3.05) is 0 Å². The van der Waals surface area contributed by atoms with Crippen LogP contribution in [0.4, 0.5) is 0 Å². The number of hydrogen-bond donors (Lipinski definition) is 0. The molecule has 0 rings (SSSR count). The maximum absolute atomic E-state index is 5.73. The molecule has 0 fully saturated rings. The summed E-state index contributed by atoms with van der Waals surface area (Å²) < 4.78 is 0. The minimum Gasteiger partial charge on any atom is -0.118 e. The third-order valence-electron chi connectivity index (χ3n) is 1.10. The van der Waals surface area contributed by atoms with Gasteiger partial charge in [-0.25, -0.2) is 0 Å². The Bertz CT molecular complexity index is 74.4. The van der Waals surface area contributed by atoms with Gasteiger partial charge in [0.15, 0.2) is 0 Å². The summed E-state index contributed by atoms with van der Waals surface area (Å²) in [5, 5.41) is 0.0347. The maximum Gasteiger partial charge on any atom is 0.0573 e. The van der Waals surface area contributed by atoms with Gasteiger partial charge in [-0.3, -0.25) is 0 Å². The Morgan fingerprint density at radius 1 is 1.38 bits per heavy atom. The molecule has 0 N–H and O–H groups in total. The minimum absolute atomic E-state index is 0.0347. The first kappa shape index (κ1) is 7.77. The van der Waals surface area contributed by atoms with Gasteiger partial charge in [-0.15, -0.1) is 24.8 Å². The third-order valence-corrected chi connectivity index (χ3v) is 1.67. The summed E-state index contributed by atoms with van der Waals surface area (Å²) in [7, 11) is 0. The van der Waals surface area contributed by atoms with E-state index in [-0.39, 0.29) is 5.38 Å². The van der Waals surface area contributed by atoms with Crippen molar-refractivity contribution >= 4 is 11.6 Å². The van der Waals surface area contributed by atoms with Crippen LogP contribution < -0.4 is 0 Å². The highest BCUT2D eigenvalue weighted by Gasteiger charge is 2.03. The first-order chi connectivity index (χ1) is 3.72. The highest BCUT2D eigenvalue weighted by Crippen LogP contribution is 2.10. The third kappa shape index (κ3) is 2.17. The summed E-state index contributed by atoms with van der Waals surface area (Å²) >= 11 is 5.73. The van der Waals surface area contributed by atoms with Crippen LogP contribution in [-0.4, -0.2) is 5.38 Å². The summed E-state index contributed by atoms with van der Waals surface area (Å²) in [4.78, 5) is 0. The molecular weight excluding hydrogens is 120 g/mol. The molecule has 0 aromatic heterocycles. The Labute approximate surface area is 55.9 Å². The van der Waals surface area contributed by atoms with E-state index < -0.39 is 0 Å². The van der Waals surface area contributed by atoms with E-state index >= 15 is 0 Å². The lowest BCUT2D eigenvalue weighted by molar-refractivity contribution is 0.756. The van der Waals surface area contributed by atoms with Crippen molar-refractivity contribution in [3.63, 3.8) is 0 Å². The molecule has 0 aromatic carbocycles. The summed E-state index contributed by atoms with van der Waals surface area (Å²) in [5.41, 5.74) is 0. The molecule has 0 radical (unpaired) electrons. The molecule has 0 aliphatic heterocycles. The SMILES string of the molecule is C=CC(C)C(Cl)C=C. The van der Waals surface area contributed by atoms with Gasteiger partial charge in [0.2, 0.25) is 0 Å². The highest BCUT2D eigenvalue weighted by molar-refractivity contribution is 6.22. The predicted octanol–water partition coefficient (Wildman–Crippen LogP) is 2.60. The summed E-state index contributed by atoms with van der Waals surface area (Å²) in [6, 6.07) is 0. The number of alkyl halides is 1. The molecule has 2 unspecified atom stereocenters. The average Bonchev–Trinajstić information content (AvgIpc) is 1.84. The van der Waals surface area contributed by atoms with Crippen LogP contribution >= 0.6 is 11.6 Å². The van der Waals surface area contributed by atoms with Crippen LogP contribution in [0.3, 0.4) is 0 Å². The second-order valence-corrected chi connectivity index (χ2v) is 2.28. The second kappa shape index (κ2) is 3.73. The Kier molecular flexibility index (Phi) is 3.63. The van der Waals surface area contributed by atoms with E-state index in [1.807, 2.05) is 13.0 Å². The van der Waals surface area contributed by atoms with Gasteiger partial charge in [0.25, 0.3) is 0 Å². The van der Waals surface area contributed by atoms with Crippen molar-refractivity contribution in [3.05, 3.63) is 25.3 Å². The fraction of sp³-hybridized carbons (Fsp3) is 0.429. The van der Waals surface area contributed by atoms with Gasteiger partial charge in [0.05, 0.1) is 5.38 Å². The number of hydrogen-bond acceptors (Lipinski definition) is 0. The first-order valence-corrected chi connectivity index (χ1v) is 3.05. The first-order valence-electron chi connectivity index (χ1n) is 2.61. The monoisotopic (exact) mass is 130 g/mol. The molecule has 0 saturated carbocycles. The topological polar surface area (TPSA) is 0 Å². The van der Waals surface area contributed by atoms with E-state index in [9.17, 15) is 0 Å². The van der Waals surface area contributed by atoms with E-state index in [1.165, 1.54) is 0 Å². The van der Waals surface area contributed by atoms with Crippen molar-refractivity contribution in [3.8, 4) is 0 Å². The van der Waals surface area contributed by atoms with E-state index in [2.05, 4.69) is 13.2 Å². The van der Waals surface area contributed by atoms with E-state index in [1.54, 1.807) is 6.08 Å². The largest absolute Gasteiger partial charge is 0.118 e. The summed E-state index contributed by atoms with van der Waals surface area (Å²) in [6.07, 6.45) is 3.53. The molecule has 0 saturated heterocycles. The van der Waals surface area contributed by atoms with E-state index in [0.29, 0.717) is 5.92 Å². The Morgan fingerprint density at radius 3 is 2.00 bits per heavy atom. The van der Waals surface area contributed by atoms with Gasteiger partial charge < -0.3 is 0 Å². The lowest BCUT2D eigenvalue weighted by Gasteiger charge is -2.06. The molecule has 0 heterocycles. The highest BCUT2D eigenvalue weighted by atomic mass is 35.5. The van der Waals surface area contributed by atoms with Gasteiger partial charge in [0, 0.05) is 0 Å². The summed E-state index contributed by atoms with van der Waals surface area (Å²) in [5.74, 6) is 0.328. The van der Waals surface area contributed by atoms with Crippen LogP contribution in [0.2, 0.25) is 0 Å². The van der Waals surface area contributed by atoms with Crippen molar-refractivity contribution in [1.82, 2.24) is 0 Å². The quantitative estimate of drug-likeness (QED) is 0.407. The van der Waals surface area contributed by atoms with Crippen molar-refractivity contribution < 1.29 is 0 Å². The molecule has 8 heavy (non-hydrogen) atoms. The van der Waals surface area contributed by atoms with Crippen LogP contribution in [0.5, 0.6) is 0 Å². The number of rotatable bonds is 3. The van der Waals surface area contributed by atoms with Gasteiger partial charge in [-0.05, 0) is 5.92 Å². The molecule has 2 atom stereocenters. The molecule has 0 nitrogen and oxygen atoms in total. The maximum atomic E-state index is 5.73. The molecular formula is C7H11Cl. The van der Waals surface area contributed by atoms with Gasteiger partial charge in [-0.2, -0.15) is 0 Å². The van der Waals surface area contributed by atoms with Crippen LogP contribution in [0.15, 0.2) is 25.3 Å². The Balaban J connectivity index is 3.60. The van der Waals surface area contributed by atoms with Crippen LogP contribution in [-0.2, 0) is 0 Å². The molecule has 0 amide bonds. The molecule has 0 spiro atoms. The normalized spacial score (nSPS) is 16.8. The minimum atomic E-state index is 0.0347. The second-order valence-electron chi connectivity index (χ2n) is 1.77. The molecule has 0 aliphatic rings. The van der Waals surface area contributed by atoms with Crippen LogP contribution in [0.25, 0.3) is 0 Å². The van der Waals surface area contributed by atoms with Crippen LogP contribution in [0.1, 0.15) is 6.92 Å². The average molecular weight is 131 g/mol. The number of halogens is 1. The molecule has 46 valence electrons. The zero-order valence-electron chi connectivity index (χ0n) is 5.10. The molecule has 0 aromatic rings. The zero-order chi connectivity index (χ0) is 6.57. The van der Waals surface area contributed by atoms with Gasteiger partial charge >= 0.3 is 0 Å². The van der Waals surface area contributed by atoms with Crippen LogP contribution in [0, 0.1) is 5.92 Å². The molecule has 1 heteroatoms. The number of allylic oxidation sites excluding steroid dienone is 2. The van der Waals surface area contributed by atoms with Gasteiger partial charge in [-0.1, -0.05) is 19.1 Å². The van der Waals surface area contributed by atoms with E-state index in [0.717, 1.165) is 0 Å². The summed E-state index contributed by atoms with van der Waals surface area (Å²) in [6.45, 7) is 9.15. The standard InChI is InChI=1S/C7H11Cl/c1-4-6(3)7(8)5-2/h4-7H,1-2H2,3H3. The lowest BCUT2D eigenvalue weighted by Crippen LogP contribution is -2.03. The fourth-order valence-corrected chi connectivity index (χ4v) is 0.448. The smallest absolute Gasteiger partial charge is 0.0573 e. The van der Waals surface area contributed by atoms with Gasteiger partial charge in [0.1, 0.15) is 0 Å². The zero-order valence-corrected chi connectivity index (χ0v) is 5.86. The molecule has 0 aliphatic carbocycles. The predicted molar refractivity (Wildman–Crippen MR) is 39.2 cm³/mol. The van der Waals surface area contributed by atoms with E-state index in [4.69, 9.17) is 11.6 Å². The fourth-order valence-electron chi connectivity index (χ4n) is 0.345. The van der Waals surface area contributed by atoms with Crippen molar-refractivity contribution in [2.45, 2.75) is 12.3 Å². The van der Waals surface area contributed by atoms with Crippen molar-refractivity contribution in [2.24, 2.45) is 5.92 Å². The Hall–Kier alpha value is -0.230. The van der Waals surface area contributed by atoms with Crippen molar-refractivity contribution in [1.29, 1.82) is 0 Å². The molecule has 0 bridgehead atoms.